The third kappa shape index (κ3) is 4.51. The van der Waals surface area contributed by atoms with Crippen molar-refractivity contribution >= 4 is 29.1 Å². The molecule has 1 aromatic carbocycles. The molecule has 1 atom stereocenters. The monoisotopic (exact) mass is 411 g/mol. The molecule has 8 heteroatoms. The summed E-state index contributed by atoms with van der Waals surface area (Å²) in [6.45, 7) is 1.21. The molecule has 1 aliphatic rings. The fourth-order valence-electron chi connectivity index (χ4n) is 3.47. The molecule has 1 fully saturated rings. The summed E-state index contributed by atoms with van der Waals surface area (Å²) in [4.78, 5) is 27.4. The molecule has 1 amide bonds. The van der Waals surface area contributed by atoms with E-state index in [4.69, 9.17) is 11.6 Å². The van der Waals surface area contributed by atoms with E-state index in [-0.39, 0.29) is 22.8 Å². The van der Waals surface area contributed by atoms with Gasteiger partial charge in [0.2, 0.25) is 5.95 Å². The maximum Gasteiger partial charge on any atom is 0.257 e. The van der Waals surface area contributed by atoms with E-state index in [1.165, 1.54) is 12.1 Å². The van der Waals surface area contributed by atoms with Crippen LogP contribution in [0.15, 0.2) is 54.9 Å². The highest BCUT2D eigenvalue weighted by molar-refractivity contribution is 6.32. The van der Waals surface area contributed by atoms with Gasteiger partial charge in [-0.1, -0.05) is 17.7 Å². The van der Waals surface area contributed by atoms with E-state index < -0.39 is 0 Å². The van der Waals surface area contributed by atoms with E-state index in [2.05, 4.69) is 20.3 Å². The Morgan fingerprint density at radius 2 is 2.07 bits per heavy atom. The third-order valence-corrected chi connectivity index (χ3v) is 5.18. The number of hydrogen-bond donors (Lipinski definition) is 1. The second-order valence-electron chi connectivity index (χ2n) is 6.87. The molecule has 4 rings (SSSR count). The molecule has 0 saturated carbocycles. The third-order valence-electron chi connectivity index (χ3n) is 4.87. The molecule has 0 bridgehead atoms. The molecule has 0 unspecified atom stereocenters. The Labute approximate surface area is 172 Å². The first-order chi connectivity index (χ1) is 14.1. The Hall–Kier alpha value is -3.06. The Morgan fingerprint density at radius 1 is 1.17 bits per heavy atom. The van der Waals surface area contributed by atoms with Crippen molar-refractivity contribution in [3.8, 4) is 0 Å². The van der Waals surface area contributed by atoms with E-state index >= 15 is 0 Å². The number of nitrogens with one attached hydrogen (secondary N) is 1. The van der Waals surface area contributed by atoms with Crippen molar-refractivity contribution in [2.24, 2.45) is 0 Å². The average Bonchev–Trinajstić information content (AvgIpc) is 2.74. The summed E-state index contributed by atoms with van der Waals surface area (Å²) in [6, 6.07) is 11.4. The van der Waals surface area contributed by atoms with Gasteiger partial charge in [0.05, 0.1) is 11.3 Å². The van der Waals surface area contributed by atoms with E-state index in [0.29, 0.717) is 30.3 Å². The number of benzene rings is 1. The fourth-order valence-corrected chi connectivity index (χ4v) is 3.67. The van der Waals surface area contributed by atoms with E-state index in [9.17, 15) is 9.18 Å². The molecule has 0 aliphatic carbocycles. The van der Waals surface area contributed by atoms with Gasteiger partial charge in [0, 0.05) is 37.1 Å². The maximum atomic E-state index is 13.4. The molecule has 0 spiro atoms. The van der Waals surface area contributed by atoms with Crippen LogP contribution in [-0.2, 0) is 0 Å². The first kappa shape index (κ1) is 19.3. The van der Waals surface area contributed by atoms with Gasteiger partial charge in [-0.15, -0.1) is 0 Å². The highest BCUT2D eigenvalue weighted by atomic mass is 35.5. The SMILES string of the molecule is O=C(c1cccnc1Cl)N1CCC[C@H](c2ccnc(Nc3cccc(F)c3)n2)C1. The van der Waals surface area contributed by atoms with Crippen molar-refractivity contribution in [1.82, 2.24) is 19.9 Å². The number of carbonyl (C=O) groups excluding carboxylic acids is 1. The fraction of sp³-hybridized carbons (Fsp3) is 0.238. The van der Waals surface area contributed by atoms with Gasteiger partial charge in [0.25, 0.3) is 5.91 Å². The lowest BCUT2D eigenvalue weighted by atomic mass is 9.94. The van der Waals surface area contributed by atoms with Gasteiger partial charge in [-0.2, -0.15) is 0 Å². The zero-order valence-electron chi connectivity index (χ0n) is 15.6. The predicted octanol–water partition coefficient (Wildman–Crippen LogP) is 4.43. The van der Waals surface area contributed by atoms with Crippen LogP contribution in [0.1, 0.15) is 34.8 Å². The number of amides is 1. The van der Waals surface area contributed by atoms with Crippen molar-refractivity contribution in [2.45, 2.75) is 18.8 Å². The highest BCUT2D eigenvalue weighted by Crippen LogP contribution is 2.28. The summed E-state index contributed by atoms with van der Waals surface area (Å²) >= 11 is 6.09. The number of halogens is 2. The maximum absolute atomic E-state index is 13.4. The Bertz CT molecular complexity index is 1030. The van der Waals surface area contributed by atoms with Crippen LogP contribution in [0.5, 0.6) is 0 Å². The summed E-state index contributed by atoms with van der Waals surface area (Å²) in [7, 11) is 0. The lowest BCUT2D eigenvalue weighted by molar-refractivity contribution is 0.0705. The molecular weight excluding hydrogens is 393 g/mol. The number of aromatic nitrogens is 3. The Morgan fingerprint density at radius 3 is 2.90 bits per heavy atom. The molecule has 3 heterocycles. The number of carbonyl (C=O) groups is 1. The minimum atomic E-state index is -0.332. The number of nitrogens with zero attached hydrogens (tertiary/aromatic N) is 4. The number of pyridine rings is 1. The Balaban J connectivity index is 1.50. The van der Waals surface area contributed by atoms with Crippen LogP contribution >= 0.6 is 11.6 Å². The quantitative estimate of drug-likeness (QED) is 0.643. The molecule has 148 valence electrons. The Kier molecular flexibility index (Phi) is 5.67. The van der Waals surface area contributed by atoms with Gasteiger partial charge in [-0.05, 0) is 49.2 Å². The molecular formula is C21H19ClFN5O. The largest absolute Gasteiger partial charge is 0.338 e. The molecule has 1 aliphatic heterocycles. The number of anilines is 2. The summed E-state index contributed by atoms with van der Waals surface area (Å²) in [5, 5.41) is 3.23. The van der Waals surface area contributed by atoms with Gasteiger partial charge in [0.15, 0.2) is 0 Å². The van der Waals surface area contributed by atoms with E-state index in [0.717, 1.165) is 18.5 Å². The van der Waals surface area contributed by atoms with Crippen LogP contribution in [0.3, 0.4) is 0 Å². The number of rotatable bonds is 4. The standard InChI is InChI=1S/C21H19ClFN5O/c22-19-17(7-2-9-24-19)20(29)28-11-3-4-14(13-28)18-8-10-25-21(27-18)26-16-6-1-5-15(23)12-16/h1-2,5-10,12,14H,3-4,11,13H2,(H,25,26,27)/t14-/m0/s1. The minimum absolute atomic E-state index is 0.0826. The van der Waals surface area contributed by atoms with E-state index in [1.807, 2.05) is 6.07 Å². The molecule has 2 aromatic heterocycles. The van der Waals surface area contributed by atoms with Crippen molar-refractivity contribution < 1.29 is 9.18 Å². The molecule has 0 radical (unpaired) electrons. The van der Waals surface area contributed by atoms with Gasteiger partial charge in [-0.3, -0.25) is 4.79 Å². The van der Waals surface area contributed by atoms with Gasteiger partial charge >= 0.3 is 0 Å². The summed E-state index contributed by atoms with van der Waals surface area (Å²) in [6.07, 6.45) is 5.01. The number of piperidine rings is 1. The molecule has 6 nitrogen and oxygen atoms in total. The van der Waals surface area contributed by atoms with Crippen LogP contribution in [0.2, 0.25) is 5.15 Å². The molecule has 1 N–H and O–H groups in total. The first-order valence-corrected chi connectivity index (χ1v) is 9.73. The van der Waals surface area contributed by atoms with Gasteiger partial charge in [-0.25, -0.2) is 19.3 Å². The van der Waals surface area contributed by atoms with Crippen LogP contribution in [0.4, 0.5) is 16.0 Å². The van der Waals surface area contributed by atoms with E-state index in [1.54, 1.807) is 41.6 Å². The van der Waals surface area contributed by atoms with Crippen LogP contribution in [0.25, 0.3) is 0 Å². The van der Waals surface area contributed by atoms with Crippen molar-refractivity contribution in [3.63, 3.8) is 0 Å². The first-order valence-electron chi connectivity index (χ1n) is 9.35. The van der Waals surface area contributed by atoms with Crippen LogP contribution < -0.4 is 5.32 Å². The van der Waals surface area contributed by atoms with Crippen molar-refractivity contribution in [1.29, 1.82) is 0 Å². The average molecular weight is 412 g/mol. The summed E-state index contributed by atoms with van der Waals surface area (Å²) in [5.74, 6) is 0.0210. The minimum Gasteiger partial charge on any atom is -0.338 e. The van der Waals surface area contributed by atoms with Crippen molar-refractivity contribution in [3.05, 3.63) is 77.1 Å². The number of hydrogen-bond acceptors (Lipinski definition) is 5. The highest BCUT2D eigenvalue weighted by Gasteiger charge is 2.27. The van der Waals surface area contributed by atoms with Gasteiger partial charge in [0.1, 0.15) is 11.0 Å². The number of likely N-dealkylation sites (tertiary alicyclic amines) is 1. The predicted molar refractivity (Wildman–Crippen MR) is 109 cm³/mol. The lowest BCUT2D eigenvalue weighted by Gasteiger charge is -2.32. The molecule has 1 saturated heterocycles. The van der Waals surface area contributed by atoms with Crippen LogP contribution in [0, 0.1) is 5.82 Å². The van der Waals surface area contributed by atoms with Crippen molar-refractivity contribution in [2.75, 3.05) is 18.4 Å². The molecule has 3 aromatic rings. The second kappa shape index (κ2) is 8.53. The van der Waals surface area contributed by atoms with Crippen LogP contribution in [-0.4, -0.2) is 38.8 Å². The zero-order valence-corrected chi connectivity index (χ0v) is 16.3. The summed E-state index contributed by atoms with van der Waals surface area (Å²) in [5.41, 5.74) is 1.83. The zero-order chi connectivity index (χ0) is 20.2. The topological polar surface area (TPSA) is 71.0 Å². The molecule has 29 heavy (non-hydrogen) atoms. The van der Waals surface area contributed by atoms with Gasteiger partial charge < -0.3 is 10.2 Å². The second-order valence-corrected chi connectivity index (χ2v) is 7.23. The normalized spacial score (nSPS) is 16.5. The summed E-state index contributed by atoms with van der Waals surface area (Å²) < 4.78 is 13.4. The smallest absolute Gasteiger partial charge is 0.257 e. The lowest BCUT2D eigenvalue weighted by Crippen LogP contribution is -2.39.